The summed E-state index contributed by atoms with van der Waals surface area (Å²) in [5.41, 5.74) is 3.82. The first-order chi connectivity index (χ1) is 11.3. The highest BCUT2D eigenvalue weighted by Gasteiger charge is 2.12. The Morgan fingerprint density at radius 3 is 2.78 bits per heavy atom. The average molecular weight is 337 g/mol. The van der Waals surface area contributed by atoms with E-state index in [9.17, 15) is 0 Å². The van der Waals surface area contributed by atoms with E-state index in [1.54, 1.807) is 11.1 Å². The molecule has 0 unspecified atom stereocenters. The van der Waals surface area contributed by atoms with Crippen molar-refractivity contribution >= 4 is 23.5 Å². The Morgan fingerprint density at radius 1 is 1.35 bits per heavy atom. The topological polar surface area (TPSA) is 59.3 Å². The molecular formula is C16H25N4O2S+. The van der Waals surface area contributed by atoms with Crippen molar-refractivity contribution in [2.24, 2.45) is 5.10 Å². The van der Waals surface area contributed by atoms with Crippen LogP contribution in [-0.4, -0.2) is 57.3 Å². The Hall–Kier alpha value is -1.70. The van der Waals surface area contributed by atoms with Gasteiger partial charge in [-0.15, -0.1) is 0 Å². The molecule has 126 valence electrons. The summed E-state index contributed by atoms with van der Waals surface area (Å²) in [6, 6.07) is 7.75. The fourth-order valence-electron chi connectivity index (χ4n) is 2.28. The van der Waals surface area contributed by atoms with Gasteiger partial charge in [0.2, 0.25) is 0 Å². The molecular weight excluding hydrogens is 312 g/mol. The lowest BCUT2D eigenvalue weighted by Crippen LogP contribution is -3.14. The Kier molecular flexibility index (Phi) is 7.79. The van der Waals surface area contributed by atoms with Gasteiger partial charge >= 0.3 is 0 Å². The minimum absolute atomic E-state index is 0.542. The second-order valence-corrected chi connectivity index (χ2v) is 5.65. The van der Waals surface area contributed by atoms with Crippen molar-refractivity contribution in [3.8, 4) is 5.75 Å². The molecule has 1 aliphatic heterocycles. The molecule has 1 heterocycles. The van der Waals surface area contributed by atoms with E-state index in [0.29, 0.717) is 11.7 Å². The SMILES string of the molecule is CCOc1ccc(/C=N\NC(=S)NCC[NH+]2CCOCC2)cc1. The Labute approximate surface area is 142 Å². The maximum atomic E-state index is 5.40. The van der Waals surface area contributed by atoms with Crippen molar-refractivity contribution in [1.82, 2.24) is 10.7 Å². The van der Waals surface area contributed by atoms with E-state index >= 15 is 0 Å². The molecule has 1 aromatic rings. The molecule has 0 bridgehead atoms. The van der Waals surface area contributed by atoms with Crippen LogP contribution < -0.4 is 20.4 Å². The lowest BCUT2D eigenvalue weighted by Gasteiger charge is -2.23. The monoisotopic (exact) mass is 337 g/mol. The van der Waals surface area contributed by atoms with Gasteiger partial charge in [-0.25, -0.2) is 0 Å². The highest BCUT2D eigenvalue weighted by Crippen LogP contribution is 2.10. The third-order valence-electron chi connectivity index (χ3n) is 3.53. The summed E-state index contributed by atoms with van der Waals surface area (Å²) in [7, 11) is 0. The maximum absolute atomic E-state index is 5.40. The van der Waals surface area contributed by atoms with Gasteiger partial charge in [-0.2, -0.15) is 5.10 Å². The molecule has 3 N–H and O–H groups in total. The molecule has 0 radical (unpaired) electrons. The van der Waals surface area contributed by atoms with Crippen LogP contribution in [0.2, 0.25) is 0 Å². The molecule has 1 aromatic carbocycles. The molecule has 1 fully saturated rings. The first kappa shape index (κ1) is 17.7. The van der Waals surface area contributed by atoms with Gasteiger partial charge in [-0.05, 0) is 49.0 Å². The number of hydrogen-bond donors (Lipinski definition) is 3. The zero-order valence-electron chi connectivity index (χ0n) is 13.5. The van der Waals surface area contributed by atoms with Crippen LogP contribution in [0.5, 0.6) is 5.75 Å². The van der Waals surface area contributed by atoms with Crippen LogP contribution >= 0.6 is 12.2 Å². The number of nitrogens with one attached hydrogen (secondary N) is 3. The Morgan fingerprint density at radius 2 is 2.09 bits per heavy atom. The maximum Gasteiger partial charge on any atom is 0.187 e. The van der Waals surface area contributed by atoms with Gasteiger partial charge in [0, 0.05) is 0 Å². The van der Waals surface area contributed by atoms with E-state index in [0.717, 1.165) is 50.7 Å². The van der Waals surface area contributed by atoms with Gasteiger partial charge in [0.15, 0.2) is 5.11 Å². The van der Waals surface area contributed by atoms with Crippen molar-refractivity contribution in [3.63, 3.8) is 0 Å². The van der Waals surface area contributed by atoms with Crippen LogP contribution in [0.4, 0.5) is 0 Å². The predicted octanol–water partition coefficient (Wildman–Crippen LogP) is -0.202. The van der Waals surface area contributed by atoms with E-state index in [-0.39, 0.29) is 0 Å². The molecule has 1 saturated heterocycles. The zero-order chi connectivity index (χ0) is 16.3. The molecule has 2 rings (SSSR count). The summed E-state index contributed by atoms with van der Waals surface area (Å²) in [6.45, 7) is 8.34. The molecule has 6 nitrogen and oxygen atoms in total. The van der Waals surface area contributed by atoms with E-state index < -0.39 is 0 Å². The molecule has 0 atom stereocenters. The summed E-state index contributed by atoms with van der Waals surface area (Å²) in [5.74, 6) is 0.861. The Bertz CT molecular complexity index is 501. The molecule has 23 heavy (non-hydrogen) atoms. The molecule has 0 spiro atoms. The number of benzene rings is 1. The fourth-order valence-corrected chi connectivity index (χ4v) is 2.44. The zero-order valence-corrected chi connectivity index (χ0v) is 14.3. The van der Waals surface area contributed by atoms with E-state index in [1.165, 1.54) is 0 Å². The third kappa shape index (κ3) is 6.94. The smallest absolute Gasteiger partial charge is 0.187 e. The molecule has 0 aromatic heterocycles. The first-order valence-corrected chi connectivity index (χ1v) is 8.40. The van der Waals surface area contributed by atoms with Crippen LogP contribution in [0.1, 0.15) is 12.5 Å². The number of ether oxygens (including phenoxy) is 2. The van der Waals surface area contributed by atoms with Gasteiger partial charge in [0.25, 0.3) is 0 Å². The van der Waals surface area contributed by atoms with Gasteiger partial charge in [0.05, 0.1) is 39.1 Å². The second-order valence-electron chi connectivity index (χ2n) is 5.24. The number of hydrazone groups is 1. The van der Waals surface area contributed by atoms with Crippen molar-refractivity contribution in [3.05, 3.63) is 29.8 Å². The summed E-state index contributed by atoms with van der Waals surface area (Å²) < 4.78 is 10.7. The predicted molar refractivity (Wildman–Crippen MR) is 95.3 cm³/mol. The van der Waals surface area contributed by atoms with Crippen LogP contribution in [-0.2, 0) is 4.74 Å². The van der Waals surface area contributed by atoms with Crippen LogP contribution in [0, 0.1) is 0 Å². The summed E-state index contributed by atoms with van der Waals surface area (Å²) in [5, 5.41) is 7.84. The fraction of sp³-hybridized carbons (Fsp3) is 0.500. The molecule has 0 saturated carbocycles. The number of rotatable bonds is 7. The molecule has 1 aliphatic rings. The van der Waals surface area contributed by atoms with E-state index in [4.69, 9.17) is 21.7 Å². The minimum Gasteiger partial charge on any atom is -0.494 e. The largest absolute Gasteiger partial charge is 0.494 e. The molecule has 7 heteroatoms. The first-order valence-electron chi connectivity index (χ1n) is 7.99. The number of quaternary nitrogens is 1. The lowest BCUT2D eigenvalue weighted by molar-refractivity contribution is -0.906. The number of thiocarbonyl (C=S) groups is 1. The summed E-state index contributed by atoms with van der Waals surface area (Å²) in [4.78, 5) is 1.55. The normalized spacial score (nSPS) is 15.5. The van der Waals surface area contributed by atoms with Crippen molar-refractivity contribution < 1.29 is 14.4 Å². The van der Waals surface area contributed by atoms with Crippen molar-refractivity contribution in [1.29, 1.82) is 0 Å². The number of hydrogen-bond acceptors (Lipinski definition) is 4. The quantitative estimate of drug-likeness (QED) is 0.365. The highest BCUT2D eigenvalue weighted by atomic mass is 32.1. The highest BCUT2D eigenvalue weighted by molar-refractivity contribution is 7.80. The van der Waals surface area contributed by atoms with Gasteiger partial charge in [-0.3, -0.25) is 5.43 Å². The average Bonchev–Trinajstić information content (AvgIpc) is 2.58. The third-order valence-corrected chi connectivity index (χ3v) is 3.77. The lowest BCUT2D eigenvalue weighted by atomic mass is 10.2. The van der Waals surface area contributed by atoms with Crippen LogP contribution in [0.25, 0.3) is 0 Å². The number of morpholine rings is 1. The van der Waals surface area contributed by atoms with Gasteiger partial charge < -0.3 is 19.7 Å². The van der Waals surface area contributed by atoms with Gasteiger partial charge in [0.1, 0.15) is 18.8 Å². The van der Waals surface area contributed by atoms with Crippen LogP contribution in [0.15, 0.2) is 29.4 Å². The molecule has 0 amide bonds. The minimum atomic E-state index is 0.542. The van der Waals surface area contributed by atoms with Crippen molar-refractivity contribution in [2.45, 2.75) is 6.92 Å². The van der Waals surface area contributed by atoms with Gasteiger partial charge in [-0.1, -0.05) is 0 Å². The molecule has 0 aliphatic carbocycles. The second kappa shape index (κ2) is 10.1. The number of nitrogens with zero attached hydrogens (tertiary/aromatic N) is 1. The van der Waals surface area contributed by atoms with Crippen LogP contribution in [0.3, 0.4) is 0 Å². The van der Waals surface area contributed by atoms with E-state index in [1.807, 2.05) is 31.2 Å². The Balaban J connectivity index is 1.63. The summed E-state index contributed by atoms with van der Waals surface area (Å²) >= 11 is 5.20. The summed E-state index contributed by atoms with van der Waals surface area (Å²) in [6.07, 6.45) is 1.73. The van der Waals surface area contributed by atoms with Crippen molar-refractivity contribution in [2.75, 3.05) is 46.0 Å². The van der Waals surface area contributed by atoms with E-state index in [2.05, 4.69) is 15.8 Å². The standard InChI is InChI=1S/C16H24N4O2S/c1-2-22-15-5-3-14(4-6-15)13-18-19-16(23)17-7-8-20-9-11-21-12-10-20/h3-6,13H,2,7-12H2,1H3,(H2,17,19,23)/p+1/b18-13-.